The van der Waals surface area contributed by atoms with Gasteiger partial charge in [-0.2, -0.15) is 0 Å². The van der Waals surface area contributed by atoms with Gasteiger partial charge in [0.05, 0.1) is 0 Å². The molecule has 6 amide bonds. The predicted molar refractivity (Wildman–Crippen MR) is 93.2 cm³/mol. The number of urea groups is 2. The smallest absolute Gasteiger partial charge is 0.325 e. The van der Waals surface area contributed by atoms with E-state index in [9.17, 15) is 19.2 Å². The van der Waals surface area contributed by atoms with Gasteiger partial charge in [-0.05, 0) is 24.0 Å². The molecule has 0 spiro atoms. The quantitative estimate of drug-likeness (QED) is 0.788. The number of rotatable bonds is 4. The maximum absolute atomic E-state index is 12.9. The van der Waals surface area contributed by atoms with Gasteiger partial charge in [0.15, 0.2) is 0 Å². The first kappa shape index (κ1) is 17.9. The van der Waals surface area contributed by atoms with Crippen molar-refractivity contribution in [2.24, 2.45) is 0 Å². The van der Waals surface area contributed by atoms with Gasteiger partial charge in [0.2, 0.25) is 0 Å². The maximum Gasteiger partial charge on any atom is 0.325 e. The van der Waals surface area contributed by atoms with Gasteiger partial charge in [0, 0.05) is 13.1 Å². The van der Waals surface area contributed by atoms with Crippen molar-refractivity contribution in [2.45, 2.75) is 32.2 Å². The van der Waals surface area contributed by atoms with Crippen LogP contribution >= 0.6 is 0 Å². The third kappa shape index (κ3) is 2.91. The van der Waals surface area contributed by atoms with Crippen LogP contribution in [0.15, 0.2) is 24.3 Å². The first-order valence-corrected chi connectivity index (χ1v) is 8.57. The Morgan fingerprint density at radius 1 is 1.15 bits per heavy atom. The highest BCUT2D eigenvalue weighted by Crippen LogP contribution is 2.30. The zero-order valence-corrected chi connectivity index (χ0v) is 15.0. The summed E-state index contributed by atoms with van der Waals surface area (Å²) >= 11 is 0. The SMILES string of the molecule is CC(C)c1ccc([C@@]2(C)NC(=O)N(CC(=O)N3CCNC3=O)C2=O)cc1. The summed E-state index contributed by atoms with van der Waals surface area (Å²) in [4.78, 5) is 50.9. The number of hydrogen-bond acceptors (Lipinski definition) is 4. The van der Waals surface area contributed by atoms with E-state index in [1.54, 1.807) is 6.92 Å². The fourth-order valence-corrected chi connectivity index (χ4v) is 3.17. The number of amides is 6. The third-order valence-corrected chi connectivity index (χ3v) is 4.88. The van der Waals surface area contributed by atoms with Gasteiger partial charge in [-0.15, -0.1) is 0 Å². The molecule has 26 heavy (non-hydrogen) atoms. The second-order valence-electron chi connectivity index (χ2n) is 7.00. The summed E-state index contributed by atoms with van der Waals surface area (Å²) in [7, 11) is 0. The summed E-state index contributed by atoms with van der Waals surface area (Å²) in [6.45, 7) is 5.89. The molecule has 2 saturated heterocycles. The molecular weight excluding hydrogens is 336 g/mol. The van der Waals surface area contributed by atoms with Crippen molar-refractivity contribution in [2.75, 3.05) is 19.6 Å². The van der Waals surface area contributed by atoms with Crippen LogP contribution in [-0.4, -0.2) is 53.3 Å². The first-order valence-electron chi connectivity index (χ1n) is 8.57. The number of carbonyl (C=O) groups excluding carboxylic acids is 4. The van der Waals surface area contributed by atoms with Crippen molar-refractivity contribution >= 4 is 23.9 Å². The molecule has 0 aliphatic carbocycles. The van der Waals surface area contributed by atoms with E-state index in [4.69, 9.17) is 0 Å². The molecule has 0 unspecified atom stereocenters. The van der Waals surface area contributed by atoms with E-state index in [0.717, 1.165) is 15.4 Å². The molecule has 0 bridgehead atoms. The van der Waals surface area contributed by atoms with E-state index in [-0.39, 0.29) is 6.54 Å². The Balaban J connectivity index is 1.79. The van der Waals surface area contributed by atoms with Gasteiger partial charge in [0.1, 0.15) is 12.1 Å². The molecule has 2 aliphatic heterocycles. The zero-order chi connectivity index (χ0) is 19.1. The summed E-state index contributed by atoms with van der Waals surface area (Å²) < 4.78 is 0. The van der Waals surface area contributed by atoms with Crippen LogP contribution in [0.4, 0.5) is 9.59 Å². The highest BCUT2D eigenvalue weighted by atomic mass is 16.2. The van der Waals surface area contributed by atoms with Crippen LogP contribution in [0.5, 0.6) is 0 Å². The minimum absolute atomic E-state index is 0.231. The first-order chi connectivity index (χ1) is 12.2. The summed E-state index contributed by atoms with van der Waals surface area (Å²) in [6, 6.07) is 6.33. The lowest BCUT2D eigenvalue weighted by Gasteiger charge is -2.23. The molecule has 1 aromatic carbocycles. The Morgan fingerprint density at radius 2 is 1.81 bits per heavy atom. The van der Waals surface area contributed by atoms with Crippen molar-refractivity contribution in [3.05, 3.63) is 35.4 Å². The van der Waals surface area contributed by atoms with Crippen molar-refractivity contribution in [1.29, 1.82) is 0 Å². The molecule has 2 N–H and O–H groups in total. The molecule has 1 atom stereocenters. The molecule has 2 fully saturated rings. The number of imide groups is 2. The molecule has 138 valence electrons. The van der Waals surface area contributed by atoms with E-state index in [2.05, 4.69) is 24.5 Å². The lowest BCUT2D eigenvalue weighted by Crippen LogP contribution is -2.45. The number of nitrogens with zero attached hydrogens (tertiary/aromatic N) is 2. The van der Waals surface area contributed by atoms with Crippen LogP contribution < -0.4 is 10.6 Å². The molecular formula is C18H22N4O4. The Kier molecular flexibility index (Phi) is 4.43. The highest BCUT2D eigenvalue weighted by Gasteiger charge is 2.50. The summed E-state index contributed by atoms with van der Waals surface area (Å²) in [6.07, 6.45) is 0. The molecule has 2 heterocycles. The topological polar surface area (TPSA) is 98.8 Å². The normalized spacial score (nSPS) is 22.8. The van der Waals surface area contributed by atoms with Gasteiger partial charge in [-0.25, -0.2) is 9.59 Å². The van der Waals surface area contributed by atoms with Gasteiger partial charge >= 0.3 is 12.1 Å². The summed E-state index contributed by atoms with van der Waals surface area (Å²) in [5.41, 5.74) is 0.537. The Labute approximate surface area is 151 Å². The average Bonchev–Trinajstić information content (AvgIpc) is 3.12. The third-order valence-electron chi connectivity index (χ3n) is 4.88. The van der Waals surface area contributed by atoms with Crippen molar-refractivity contribution in [3.63, 3.8) is 0 Å². The van der Waals surface area contributed by atoms with Crippen LogP contribution in [0.1, 0.15) is 37.8 Å². The predicted octanol–water partition coefficient (Wildman–Crippen LogP) is 1.13. The van der Waals surface area contributed by atoms with Gasteiger partial charge in [-0.1, -0.05) is 38.1 Å². The minimum Gasteiger partial charge on any atom is -0.336 e. The van der Waals surface area contributed by atoms with E-state index in [1.165, 1.54) is 0 Å². The van der Waals surface area contributed by atoms with E-state index >= 15 is 0 Å². The van der Waals surface area contributed by atoms with E-state index < -0.39 is 36.0 Å². The molecule has 1 aromatic rings. The Morgan fingerprint density at radius 3 is 2.35 bits per heavy atom. The second-order valence-corrected chi connectivity index (χ2v) is 7.00. The van der Waals surface area contributed by atoms with Crippen LogP contribution in [0.25, 0.3) is 0 Å². The lowest BCUT2D eigenvalue weighted by molar-refractivity contribution is -0.137. The van der Waals surface area contributed by atoms with Gasteiger partial charge in [-0.3, -0.25) is 19.4 Å². The van der Waals surface area contributed by atoms with E-state index in [0.29, 0.717) is 18.0 Å². The van der Waals surface area contributed by atoms with Gasteiger partial charge < -0.3 is 10.6 Å². The number of hydrogen-bond donors (Lipinski definition) is 2. The van der Waals surface area contributed by atoms with Crippen molar-refractivity contribution in [1.82, 2.24) is 20.4 Å². The Hall–Kier alpha value is -2.90. The minimum atomic E-state index is -1.24. The number of carbonyl (C=O) groups is 4. The number of benzene rings is 1. The fraction of sp³-hybridized carbons (Fsp3) is 0.444. The van der Waals surface area contributed by atoms with Crippen molar-refractivity contribution in [3.8, 4) is 0 Å². The largest absolute Gasteiger partial charge is 0.336 e. The van der Waals surface area contributed by atoms with Gasteiger partial charge in [0.25, 0.3) is 11.8 Å². The number of nitrogens with one attached hydrogen (secondary N) is 2. The monoisotopic (exact) mass is 358 g/mol. The molecule has 2 aliphatic rings. The maximum atomic E-state index is 12.9. The summed E-state index contributed by atoms with van der Waals surface area (Å²) in [5.74, 6) is -0.734. The summed E-state index contributed by atoms with van der Waals surface area (Å²) in [5, 5.41) is 5.18. The lowest BCUT2D eigenvalue weighted by atomic mass is 9.90. The molecule has 0 saturated carbocycles. The van der Waals surface area contributed by atoms with Crippen LogP contribution in [0, 0.1) is 0 Å². The average molecular weight is 358 g/mol. The highest BCUT2D eigenvalue weighted by molar-refractivity contribution is 6.10. The molecule has 8 heteroatoms. The molecule has 3 rings (SSSR count). The molecule has 0 aromatic heterocycles. The van der Waals surface area contributed by atoms with Crippen LogP contribution in [0.2, 0.25) is 0 Å². The van der Waals surface area contributed by atoms with Crippen LogP contribution in [-0.2, 0) is 15.1 Å². The standard InChI is InChI=1S/C18H22N4O4/c1-11(2)12-4-6-13(7-5-12)18(3)15(24)22(17(26)20-18)10-14(23)21-9-8-19-16(21)25/h4-7,11H,8-10H2,1-3H3,(H,19,25)(H,20,26)/t18-/m1/s1. The molecule has 0 radical (unpaired) electrons. The van der Waals surface area contributed by atoms with E-state index in [1.807, 2.05) is 24.3 Å². The van der Waals surface area contributed by atoms with Crippen molar-refractivity contribution < 1.29 is 19.2 Å². The van der Waals surface area contributed by atoms with Crippen LogP contribution in [0.3, 0.4) is 0 Å². The molecule has 8 nitrogen and oxygen atoms in total. The Bertz CT molecular complexity index is 774. The zero-order valence-electron chi connectivity index (χ0n) is 15.0. The second kappa shape index (κ2) is 6.44. The fourth-order valence-electron chi connectivity index (χ4n) is 3.17.